The number of fused-ring (bicyclic) bond motifs is 1. The van der Waals surface area contributed by atoms with Crippen LogP contribution in [0.3, 0.4) is 0 Å². The minimum absolute atomic E-state index is 0.103. The first-order valence-corrected chi connectivity index (χ1v) is 5.87. The van der Waals surface area contributed by atoms with Gasteiger partial charge in [-0.25, -0.2) is 0 Å². The quantitative estimate of drug-likeness (QED) is 0.612. The molecule has 0 bridgehead atoms. The third-order valence-electron chi connectivity index (χ3n) is 2.92. The molecule has 2 aromatic heterocycles. The molecule has 9 heteroatoms. The van der Waals surface area contributed by atoms with Crippen LogP contribution in [0.5, 0.6) is 0 Å². The lowest BCUT2D eigenvalue weighted by Crippen LogP contribution is -2.32. The number of likely N-dealkylation sites (N-methyl/N-ethyl adjacent to an activating group) is 1. The molecule has 0 saturated carbocycles. The summed E-state index contributed by atoms with van der Waals surface area (Å²) < 4.78 is 1.42. The standard InChI is InChI=1S/C10H9ClN6O2/c1-16-8(18)2-5(9(16)19)14-7-3-6(11)15-10-12-4-13-17(7)10/h3-5,14H,2H2,1H3. The molecule has 98 valence electrons. The van der Waals surface area contributed by atoms with Gasteiger partial charge in [0.25, 0.3) is 11.7 Å². The van der Waals surface area contributed by atoms with Crippen LogP contribution in [0.15, 0.2) is 12.4 Å². The van der Waals surface area contributed by atoms with Crippen molar-refractivity contribution in [2.45, 2.75) is 12.5 Å². The Kier molecular flexibility index (Phi) is 2.59. The number of halogens is 1. The Morgan fingerprint density at radius 2 is 2.26 bits per heavy atom. The second kappa shape index (κ2) is 4.16. The van der Waals surface area contributed by atoms with Crippen LogP contribution >= 0.6 is 11.6 Å². The average Bonchev–Trinajstić information content (AvgIpc) is 2.91. The molecule has 0 aliphatic carbocycles. The largest absolute Gasteiger partial charge is 0.358 e. The summed E-state index contributed by atoms with van der Waals surface area (Å²) >= 11 is 5.87. The van der Waals surface area contributed by atoms with E-state index in [1.165, 1.54) is 24.0 Å². The second-order valence-electron chi connectivity index (χ2n) is 4.13. The summed E-state index contributed by atoms with van der Waals surface area (Å²) in [6, 6.07) is 0.905. The number of likely N-dealkylation sites (tertiary alicyclic amines) is 1. The zero-order valence-electron chi connectivity index (χ0n) is 9.87. The van der Waals surface area contributed by atoms with E-state index in [-0.39, 0.29) is 23.4 Å². The van der Waals surface area contributed by atoms with Crippen molar-refractivity contribution in [1.82, 2.24) is 24.5 Å². The summed E-state index contributed by atoms with van der Waals surface area (Å²) in [7, 11) is 1.46. The lowest BCUT2D eigenvalue weighted by atomic mass is 10.2. The Labute approximate surface area is 112 Å². The third kappa shape index (κ3) is 1.89. The SMILES string of the molecule is CN1C(=O)CC(Nc2cc(Cl)nc3ncnn23)C1=O. The van der Waals surface area contributed by atoms with Crippen LogP contribution < -0.4 is 5.32 Å². The summed E-state index contributed by atoms with van der Waals surface area (Å²) in [4.78, 5) is 32.3. The van der Waals surface area contributed by atoms with Crippen molar-refractivity contribution in [1.29, 1.82) is 0 Å². The Balaban J connectivity index is 1.96. The van der Waals surface area contributed by atoms with E-state index in [1.807, 2.05) is 0 Å². The van der Waals surface area contributed by atoms with E-state index in [2.05, 4.69) is 20.4 Å². The zero-order valence-corrected chi connectivity index (χ0v) is 10.6. The van der Waals surface area contributed by atoms with E-state index in [1.54, 1.807) is 0 Å². The molecule has 19 heavy (non-hydrogen) atoms. The number of imide groups is 1. The van der Waals surface area contributed by atoms with Crippen molar-refractivity contribution in [3.63, 3.8) is 0 Å². The van der Waals surface area contributed by atoms with E-state index < -0.39 is 6.04 Å². The van der Waals surface area contributed by atoms with Gasteiger partial charge < -0.3 is 5.32 Å². The first kappa shape index (κ1) is 11.8. The predicted octanol–water partition coefficient (Wildman–Crippen LogP) is -0.0531. The summed E-state index contributed by atoms with van der Waals surface area (Å²) in [6.07, 6.45) is 1.43. The van der Waals surface area contributed by atoms with Crippen molar-refractivity contribution >= 4 is 35.0 Å². The van der Waals surface area contributed by atoms with Crippen molar-refractivity contribution in [3.05, 3.63) is 17.5 Å². The molecule has 2 amide bonds. The number of nitrogens with one attached hydrogen (secondary N) is 1. The number of amides is 2. The molecule has 2 aromatic rings. The maximum Gasteiger partial charge on any atom is 0.255 e. The lowest BCUT2D eigenvalue weighted by molar-refractivity contribution is -0.136. The van der Waals surface area contributed by atoms with Crippen molar-refractivity contribution in [2.75, 3.05) is 12.4 Å². The molecule has 1 N–H and O–H groups in total. The highest BCUT2D eigenvalue weighted by atomic mass is 35.5. The third-order valence-corrected chi connectivity index (χ3v) is 3.12. The van der Waals surface area contributed by atoms with Gasteiger partial charge in [-0.05, 0) is 0 Å². The number of carbonyl (C=O) groups excluding carboxylic acids is 2. The fourth-order valence-corrected chi connectivity index (χ4v) is 2.11. The summed E-state index contributed by atoms with van der Waals surface area (Å²) in [6.45, 7) is 0. The van der Waals surface area contributed by atoms with Gasteiger partial charge in [0.15, 0.2) is 0 Å². The highest BCUT2D eigenvalue weighted by Gasteiger charge is 2.36. The molecule has 1 fully saturated rings. The molecule has 8 nitrogen and oxygen atoms in total. The highest BCUT2D eigenvalue weighted by Crippen LogP contribution is 2.19. The van der Waals surface area contributed by atoms with Crippen LogP contribution in [0, 0.1) is 0 Å². The van der Waals surface area contributed by atoms with E-state index >= 15 is 0 Å². The molecule has 0 radical (unpaired) electrons. The Hall–Kier alpha value is -2.22. The molecule has 3 heterocycles. The molecule has 1 aliphatic rings. The molecular weight excluding hydrogens is 272 g/mol. The van der Waals surface area contributed by atoms with Gasteiger partial charge in [-0.1, -0.05) is 11.6 Å². The molecule has 0 spiro atoms. The van der Waals surface area contributed by atoms with Crippen LogP contribution in [-0.4, -0.2) is 49.4 Å². The normalized spacial score (nSPS) is 19.5. The number of nitrogens with zero attached hydrogens (tertiary/aromatic N) is 5. The monoisotopic (exact) mass is 280 g/mol. The molecule has 1 saturated heterocycles. The van der Waals surface area contributed by atoms with Crippen molar-refractivity contribution < 1.29 is 9.59 Å². The van der Waals surface area contributed by atoms with Gasteiger partial charge in [-0.3, -0.25) is 14.5 Å². The fourth-order valence-electron chi connectivity index (χ4n) is 1.93. The molecule has 3 rings (SSSR count). The Morgan fingerprint density at radius 1 is 1.47 bits per heavy atom. The van der Waals surface area contributed by atoms with E-state index in [0.717, 1.165) is 4.90 Å². The molecular formula is C10H9ClN6O2. The number of hydrogen-bond donors (Lipinski definition) is 1. The number of rotatable bonds is 2. The minimum atomic E-state index is -0.622. The van der Waals surface area contributed by atoms with E-state index in [0.29, 0.717) is 11.6 Å². The molecule has 1 atom stereocenters. The van der Waals surface area contributed by atoms with Gasteiger partial charge in [0.2, 0.25) is 5.91 Å². The van der Waals surface area contributed by atoms with Crippen LogP contribution in [0.1, 0.15) is 6.42 Å². The summed E-state index contributed by atoms with van der Waals surface area (Å²) in [5, 5.41) is 7.15. The lowest BCUT2D eigenvalue weighted by Gasteiger charge is -2.13. The number of hydrogen-bond acceptors (Lipinski definition) is 6. The molecule has 1 aliphatic heterocycles. The maximum atomic E-state index is 11.8. The molecule has 0 aromatic carbocycles. The average molecular weight is 281 g/mol. The molecule has 1 unspecified atom stereocenters. The first-order valence-electron chi connectivity index (χ1n) is 5.49. The van der Waals surface area contributed by atoms with Gasteiger partial charge in [-0.2, -0.15) is 19.6 Å². The smallest absolute Gasteiger partial charge is 0.255 e. The van der Waals surface area contributed by atoms with Crippen molar-refractivity contribution in [3.8, 4) is 0 Å². The topological polar surface area (TPSA) is 92.5 Å². The van der Waals surface area contributed by atoms with Gasteiger partial charge >= 0.3 is 0 Å². The number of aromatic nitrogens is 4. The minimum Gasteiger partial charge on any atom is -0.358 e. The van der Waals surface area contributed by atoms with Crippen molar-refractivity contribution in [2.24, 2.45) is 0 Å². The Bertz CT molecular complexity index is 684. The van der Waals surface area contributed by atoms with E-state index in [4.69, 9.17) is 11.6 Å². The number of anilines is 1. The van der Waals surface area contributed by atoms with Crippen LogP contribution in [0.25, 0.3) is 5.78 Å². The van der Waals surface area contributed by atoms with Crippen LogP contribution in [0.2, 0.25) is 5.15 Å². The van der Waals surface area contributed by atoms with Gasteiger partial charge in [0.1, 0.15) is 23.3 Å². The fraction of sp³-hybridized carbons (Fsp3) is 0.300. The van der Waals surface area contributed by atoms with Crippen LogP contribution in [-0.2, 0) is 9.59 Å². The summed E-state index contributed by atoms with van der Waals surface area (Å²) in [5.41, 5.74) is 0. The Morgan fingerprint density at radius 3 is 2.95 bits per heavy atom. The maximum absolute atomic E-state index is 11.8. The van der Waals surface area contributed by atoms with E-state index in [9.17, 15) is 9.59 Å². The first-order chi connectivity index (χ1) is 9.06. The summed E-state index contributed by atoms with van der Waals surface area (Å²) in [5.74, 6) is 0.276. The van der Waals surface area contributed by atoms with Gasteiger partial charge in [-0.15, -0.1) is 0 Å². The number of carbonyl (C=O) groups is 2. The zero-order chi connectivity index (χ0) is 13.6. The van der Waals surface area contributed by atoms with Crippen LogP contribution in [0.4, 0.5) is 5.82 Å². The van der Waals surface area contributed by atoms with Gasteiger partial charge in [0.05, 0.1) is 6.42 Å². The highest BCUT2D eigenvalue weighted by molar-refractivity contribution is 6.29. The predicted molar refractivity (Wildman–Crippen MR) is 65.6 cm³/mol. The van der Waals surface area contributed by atoms with Gasteiger partial charge in [0, 0.05) is 13.1 Å². The second-order valence-corrected chi connectivity index (χ2v) is 4.52.